The largest absolute Gasteiger partial charge is 0.454 e. The van der Waals surface area contributed by atoms with Crippen molar-refractivity contribution in [3.05, 3.63) is 70.8 Å². The van der Waals surface area contributed by atoms with E-state index in [4.69, 9.17) is 9.47 Å². The first-order chi connectivity index (χ1) is 16.0. The van der Waals surface area contributed by atoms with Crippen LogP contribution in [-0.2, 0) is 4.79 Å². The van der Waals surface area contributed by atoms with Crippen LogP contribution in [0.25, 0.3) is 11.3 Å². The Kier molecular flexibility index (Phi) is 5.45. The van der Waals surface area contributed by atoms with Crippen LogP contribution in [0.5, 0.6) is 11.5 Å². The Balaban J connectivity index is 1.32. The predicted molar refractivity (Wildman–Crippen MR) is 120 cm³/mol. The highest BCUT2D eigenvalue weighted by Crippen LogP contribution is 2.35. The van der Waals surface area contributed by atoms with Gasteiger partial charge in [-0.25, -0.2) is 9.07 Å². The van der Waals surface area contributed by atoms with E-state index >= 15 is 0 Å². The Morgan fingerprint density at radius 3 is 2.55 bits per heavy atom. The van der Waals surface area contributed by atoms with Gasteiger partial charge in [-0.15, -0.1) is 0 Å². The second-order valence-electron chi connectivity index (χ2n) is 8.01. The zero-order valence-corrected chi connectivity index (χ0v) is 18.1. The summed E-state index contributed by atoms with van der Waals surface area (Å²) in [6.07, 6.45) is 0. The average molecular weight is 450 g/mol. The molecule has 2 aliphatic heterocycles. The monoisotopic (exact) mass is 450 g/mol. The van der Waals surface area contributed by atoms with Crippen molar-refractivity contribution in [2.24, 2.45) is 0 Å². The summed E-state index contributed by atoms with van der Waals surface area (Å²) in [6, 6.07) is 14.3. The third-order valence-corrected chi connectivity index (χ3v) is 6.00. The van der Waals surface area contributed by atoms with Crippen molar-refractivity contribution >= 4 is 11.6 Å². The first kappa shape index (κ1) is 21.0. The fourth-order valence-electron chi connectivity index (χ4n) is 4.16. The summed E-state index contributed by atoms with van der Waals surface area (Å²) in [5.74, 6) is 0.802. The second kappa shape index (κ2) is 8.57. The molecule has 0 N–H and O–H groups in total. The van der Waals surface area contributed by atoms with Gasteiger partial charge in [-0.05, 0) is 43.3 Å². The van der Waals surface area contributed by atoms with E-state index in [-0.39, 0.29) is 24.1 Å². The van der Waals surface area contributed by atoms with Crippen LogP contribution in [-0.4, -0.2) is 53.6 Å². The normalized spacial score (nSPS) is 16.1. The van der Waals surface area contributed by atoms with Gasteiger partial charge in [0.25, 0.3) is 5.56 Å². The number of para-hydroxylation sites is 1. The Bertz CT molecular complexity index is 1250. The van der Waals surface area contributed by atoms with Gasteiger partial charge in [0.05, 0.1) is 11.4 Å². The molecule has 1 aromatic heterocycles. The van der Waals surface area contributed by atoms with E-state index in [0.717, 1.165) is 5.56 Å². The van der Waals surface area contributed by atoms with Crippen molar-refractivity contribution in [1.82, 2.24) is 14.7 Å². The smallest absolute Gasteiger partial charge is 0.267 e. The van der Waals surface area contributed by atoms with Gasteiger partial charge in [0.1, 0.15) is 11.9 Å². The zero-order valence-electron chi connectivity index (χ0n) is 18.1. The summed E-state index contributed by atoms with van der Waals surface area (Å²) >= 11 is 0. The summed E-state index contributed by atoms with van der Waals surface area (Å²) in [7, 11) is 0. The summed E-state index contributed by atoms with van der Waals surface area (Å²) in [5.41, 5.74) is 1.49. The third kappa shape index (κ3) is 4.02. The van der Waals surface area contributed by atoms with E-state index in [1.54, 1.807) is 48.2 Å². The number of aromatic nitrogens is 2. The molecule has 1 fully saturated rings. The molecule has 1 unspecified atom stereocenters. The lowest BCUT2D eigenvalue weighted by Crippen LogP contribution is -2.51. The molecule has 1 atom stereocenters. The Morgan fingerprint density at radius 2 is 1.76 bits per heavy atom. The molecule has 1 saturated heterocycles. The van der Waals surface area contributed by atoms with Gasteiger partial charge in [-0.3, -0.25) is 9.59 Å². The molecule has 33 heavy (non-hydrogen) atoms. The Hall–Kier alpha value is -3.88. The number of carbonyl (C=O) groups excluding carboxylic acids is 1. The standard InChI is InChI=1S/C24H23FN4O4/c1-16(24(31)28-12-10-27(11-13-28)20-5-3-2-4-18(20)25)29-23(30)9-7-19(26-29)17-6-8-21-22(14-17)33-15-32-21/h2-9,14,16H,10-13,15H2,1H3. The number of anilines is 1. The molecule has 0 spiro atoms. The van der Waals surface area contributed by atoms with Crippen molar-refractivity contribution in [2.45, 2.75) is 13.0 Å². The van der Waals surface area contributed by atoms with E-state index in [0.29, 0.717) is 49.1 Å². The molecular formula is C24H23FN4O4. The molecule has 3 aromatic rings. The fourth-order valence-corrected chi connectivity index (χ4v) is 4.16. The molecular weight excluding hydrogens is 427 g/mol. The van der Waals surface area contributed by atoms with Gasteiger partial charge in [0, 0.05) is 37.8 Å². The molecule has 1 amide bonds. The number of benzene rings is 2. The minimum Gasteiger partial charge on any atom is -0.454 e. The number of amides is 1. The molecule has 8 nitrogen and oxygen atoms in total. The molecule has 9 heteroatoms. The van der Waals surface area contributed by atoms with Crippen LogP contribution < -0.4 is 19.9 Å². The number of hydrogen-bond donors (Lipinski definition) is 0. The van der Waals surface area contributed by atoms with E-state index in [1.807, 2.05) is 11.0 Å². The summed E-state index contributed by atoms with van der Waals surface area (Å²) in [6.45, 7) is 3.74. The van der Waals surface area contributed by atoms with Gasteiger partial charge < -0.3 is 19.3 Å². The van der Waals surface area contributed by atoms with Crippen LogP contribution in [0, 0.1) is 5.82 Å². The molecule has 2 aromatic carbocycles. The lowest BCUT2D eigenvalue weighted by Gasteiger charge is -2.37. The first-order valence-electron chi connectivity index (χ1n) is 10.8. The maximum atomic E-state index is 14.1. The fraction of sp³-hybridized carbons (Fsp3) is 0.292. The van der Waals surface area contributed by atoms with Gasteiger partial charge in [-0.1, -0.05) is 12.1 Å². The molecule has 3 heterocycles. The van der Waals surface area contributed by atoms with E-state index in [1.165, 1.54) is 16.8 Å². The minimum atomic E-state index is -0.772. The molecule has 2 aliphatic rings. The highest BCUT2D eigenvalue weighted by molar-refractivity contribution is 5.80. The van der Waals surface area contributed by atoms with Crippen molar-refractivity contribution in [3.63, 3.8) is 0 Å². The number of halogens is 1. The van der Waals surface area contributed by atoms with E-state index < -0.39 is 6.04 Å². The number of hydrogen-bond acceptors (Lipinski definition) is 6. The van der Waals surface area contributed by atoms with Crippen molar-refractivity contribution in [1.29, 1.82) is 0 Å². The average Bonchev–Trinajstić information content (AvgIpc) is 3.32. The van der Waals surface area contributed by atoms with Crippen molar-refractivity contribution < 1.29 is 18.7 Å². The van der Waals surface area contributed by atoms with Gasteiger partial charge in [0.15, 0.2) is 11.5 Å². The van der Waals surface area contributed by atoms with Gasteiger partial charge in [0.2, 0.25) is 12.7 Å². The highest BCUT2D eigenvalue weighted by atomic mass is 19.1. The number of fused-ring (bicyclic) bond motifs is 1. The maximum Gasteiger partial charge on any atom is 0.267 e. The van der Waals surface area contributed by atoms with E-state index in [2.05, 4.69) is 5.10 Å². The van der Waals surface area contributed by atoms with Crippen LogP contribution in [0.15, 0.2) is 59.4 Å². The number of rotatable bonds is 4. The molecule has 0 aliphatic carbocycles. The highest BCUT2D eigenvalue weighted by Gasteiger charge is 2.28. The number of carbonyl (C=O) groups is 1. The maximum absolute atomic E-state index is 14.1. The van der Waals surface area contributed by atoms with Crippen molar-refractivity contribution in [2.75, 3.05) is 37.9 Å². The molecule has 0 radical (unpaired) electrons. The summed E-state index contributed by atoms with van der Waals surface area (Å²) in [4.78, 5) is 29.3. The molecule has 0 saturated carbocycles. The zero-order chi connectivity index (χ0) is 22.9. The molecule has 170 valence electrons. The quantitative estimate of drug-likeness (QED) is 0.608. The number of ether oxygens (including phenoxy) is 2. The van der Waals surface area contributed by atoms with Crippen LogP contribution >= 0.6 is 0 Å². The SMILES string of the molecule is CC(C(=O)N1CCN(c2ccccc2F)CC1)n1nc(-c2ccc3c(c2)OCO3)ccc1=O. The number of piperazine rings is 1. The molecule has 5 rings (SSSR count). The van der Waals surface area contributed by atoms with Crippen molar-refractivity contribution in [3.8, 4) is 22.8 Å². The topological polar surface area (TPSA) is 76.9 Å². The summed E-state index contributed by atoms with van der Waals surface area (Å²) in [5, 5.41) is 4.46. The second-order valence-corrected chi connectivity index (χ2v) is 8.01. The Morgan fingerprint density at radius 1 is 1.00 bits per heavy atom. The van der Waals surface area contributed by atoms with Crippen LogP contribution in [0.3, 0.4) is 0 Å². The number of nitrogens with zero attached hydrogens (tertiary/aromatic N) is 4. The van der Waals surface area contributed by atoms with Gasteiger partial charge >= 0.3 is 0 Å². The van der Waals surface area contributed by atoms with Gasteiger partial charge in [-0.2, -0.15) is 5.10 Å². The van der Waals surface area contributed by atoms with Crippen LogP contribution in [0.2, 0.25) is 0 Å². The lowest BCUT2D eigenvalue weighted by atomic mass is 10.1. The van der Waals surface area contributed by atoms with Crippen LogP contribution in [0.1, 0.15) is 13.0 Å². The minimum absolute atomic E-state index is 0.168. The summed E-state index contributed by atoms with van der Waals surface area (Å²) < 4.78 is 26.1. The first-order valence-corrected chi connectivity index (χ1v) is 10.8. The van der Waals surface area contributed by atoms with E-state index in [9.17, 15) is 14.0 Å². The third-order valence-electron chi connectivity index (χ3n) is 6.00. The predicted octanol–water partition coefficient (Wildman–Crippen LogP) is 2.69. The van der Waals surface area contributed by atoms with Crippen LogP contribution in [0.4, 0.5) is 10.1 Å². The molecule has 0 bridgehead atoms. The lowest BCUT2D eigenvalue weighted by molar-refractivity contribution is -0.135. The Labute approximate surface area is 189 Å².